The average molecular weight is 436 g/mol. The summed E-state index contributed by atoms with van der Waals surface area (Å²) in [6.45, 7) is 3.82. The van der Waals surface area contributed by atoms with E-state index < -0.39 is 0 Å². The molecule has 3 aromatic rings. The minimum absolute atomic E-state index is 0.0480. The van der Waals surface area contributed by atoms with E-state index in [9.17, 15) is 9.59 Å². The SMILES string of the molecule is Cc1ccc(C(=O)N(C)CCc2noc(-c3ccc(C(=O)NCCN(C)C)cc3)n2)cc1. The van der Waals surface area contributed by atoms with Gasteiger partial charge in [-0.15, -0.1) is 0 Å². The molecular formula is C24H29N5O3. The molecule has 8 nitrogen and oxygen atoms in total. The van der Waals surface area contributed by atoms with Crippen LogP contribution in [0, 0.1) is 6.92 Å². The summed E-state index contributed by atoms with van der Waals surface area (Å²) in [5.74, 6) is 0.736. The number of hydrogen-bond acceptors (Lipinski definition) is 6. The number of rotatable bonds is 9. The summed E-state index contributed by atoms with van der Waals surface area (Å²) in [6, 6.07) is 14.5. The van der Waals surface area contributed by atoms with Crippen molar-refractivity contribution in [3.8, 4) is 11.5 Å². The molecule has 0 aliphatic heterocycles. The van der Waals surface area contributed by atoms with Gasteiger partial charge in [-0.05, 0) is 57.4 Å². The Kier molecular flexibility index (Phi) is 7.72. The summed E-state index contributed by atoms with van der Waals surface area (Å²) in [7, 11) is 5.67. The maximum atomic E-state index is 12.5. The molecule has 168 valence electrons. The lowest BCUT2D eigenvalue weighted by molar-refractivity contribution is 0.0795. The van der Waals surface area contributed by atoms with E-state index in [1.165, 1.54) is 0 Å². The molecule has 0 unspecified atom stereocenters. The zero-order valence-corrected chi connectivity index (χ0v) is 19.0. The van der Waals surface area contributed by atoms with Crippen LogP contribution in [-0.2, 0) is 6.42 Å². The van der Waals surface area contributed by atoms with Gasteiger partial charge in [0, 0.05) is 49.8 Å². The molecule has 0 saturated carbocycles. The molecule has 0 aliphatic rings. The van der Waals surface area contributed by atoms with Crippen molar-refractivity contribution < 1.29 is 14.1 Å². The van der Waals surface area contributed by atoms with Gasteiger partial charge in [0.15, 0.2) is 5.82 Å². The fourth-order valence-electron chi connectivity index (χ4n) is 3.02. The Labute approximate surface area is 188 Å². The summed E-state index contributed by atoms with van der Waals surface area (Å²) in [5.41, 5.74) is 3.07. The van der Waals surface area contributed by atoms with Gasteiger partial charge in [0.05, 0.1) is 0 Å². The Morgan fingerprint density at radius 2 is 1.59 bits per heavy atom. The van der Waals surface area contributed by atoms with Crippen molar-refractivity contribution in [3.63, 3.8) is 0 Å². The second-order valence-corrected chi connectivity index (χ2v) is 8.00. The van der Waals surface area contributed by atoms with Crippen LogP contribution in [0.1, 0.15) is 32.1 Å². The van der Waals surface area contributed by atoms with E-state index in [1.807, 2.05) is 50.2 Å². The van der Waals surface area contributed by atoms with Crippen molar-refractivity contribution in [3.05, 3.63) is 71.0 Å². The molecule has 0 spiro atoms. The van der Waals surface area contributed by atoms with E-state index in [-0.39, 0.29) is 11.8 Å². The van der Waals surface area contributed by atoms with E-state index in [0.717, 1.165) is 17.7 Å². The fourth-order valence-corrected chi connectivity index (χ4v) is 3.02. The Balaban J connectivity index is 1.54. The molecule has 1 N–H and O–H groups in total. The number of aromatic nitrogens is 2. The van der Waals surface area contributed by atoms with E-state index in [0.29, 0.717) is 42.4 Å². The van der Waals surface area contributed by atoms with Gasteiger partial charge in [-0.3, -0.25) is 9.59 Å². The highest BCUT2D eigenvalue weighted by Crippen LogP contribution is 2.18. The van der Waals surface area contributed by atoms with Crippen molar-refractivity contribution in [1.82, 2.24) is 25.3 Å². The van der Waals surface area contributed by atoms with Crippen LogP contribution in [0.4, 0.5) is 0 Å². The Bertz CT molecular complexity index is 1040. The van der Waals surface area contributed by atoms with Crippen molar-refractivity contribution in [2.75, 3.05) is 40.8 Å². The standard InChI is InChI=1S/C24H29N5O3/c1-17-5-7-20(8-6-17)24(31)29(4)15-13-21-26-23(32-27-21)19-11-9-18(10-12-19)22(30)25-14-16-28(2)3/h5-12H,13-16H2,1-4H3,(H,25,30). The van der Waals surface area contributed by atoms with Gasteiger partial charge in [0.2, 0.25) is 0 Å². The topological polar surface area (TPSA) is 91.6 Å². The molecule has 0 fully saturated rings. The van der Waals surface area contributed by atoms with Crippen LogP contribution >= 0.6 is 0 Å². The third kappa shape index (κ3) is 6.24. The summed E-state index contributed by atoms with van der Waals surface area (Å²) in [5, 5.41) is 6.90. The van der Waals surface area contributed by atoms with E-state index >= 15 is 0 Å². The number of hydrogen-bond donors (Lipinski definition) is 1. The average Bonchev–Trinajstić information content (AvgIpc) is 3.26. The first kappa shape index (κ1) is 23.1. The van der Waals surface area contributed by atoms with Gasteiger partial charge in [0.25, 0.3) is 17.7 Å². The molecule has 1 aromatic heterocycles. The van der Waals surface area contributed by atoms with Gasteiger partial charge in [-0.2, -0.15) is 4.98 Å². The van der Waals surface area contributed by atoms with Gasteiger partial charge in [-0.1, -0.05) is 22.9 Å². The number of carbonyl (C=O) groups excluding carboxylic acids is 2. The van der Waals surface area contributed by atoms with Crippen LogP contribution in [0.5, 0.6) is 0 Å². The van der Waals surface area contributed by atoms with E-state index in [4.69, 9.17) is 4.52 Å². The van der Waals surface area contributed by atoms with Crippen molar-refractivity contribution in [2.24, 2.45) is 0 Å². The second kappa shape index (κ2) is 10.7. The van der Waals surface area contributed by atoms with Crippen LogP contribution < -0.4 is 5.32 Å². The molecule has 1 heterocycles. The molecule has 0 saturated heterocycles. The van der Waals surface area contributed by atoms with Crippen LogP contribution in [0.3, 0.4) is 0 Å². The zero-order chi connectivity index (χ0) is 23.1. The number of carbonyl (C=O) groups is 2. The first-order valence-electron chi connectivity index (χ1n) is 10.5. The van der Waals surface area contributed by atoms with Crippen LogP contribution in [0.2, 0.25) is 0 Å². The fraction of sp³-hybridized carbons (Fsp3) is 0.333. The van der Waals surface area contributed by atoms with Gasteiger partial charge < -0.3 is 19.6 Å². The lowest BCUT2D eigenvalue weighted by atomic mass is 10.1. The van der Waals surface area contributed by atoms with Gasteiger partial charge in [0.1, 0.15) is 0 Å². The van der Waals surface area contributed by atoms with Crippen molar-refractivity contribution >= 4 is 11.8 Å². The van der Waals surface area contributed by atoms with E-state index in [2.05, 4.69) is 15.5 Å². The Morgan fingerprint density at radius 3 is 2.25 bits per heavy atom. The molecule has 0 aliphatic carbocycles. The maximum Gasteiger partial charge on any atom is 0.257 e. The summed E-state index contributed by atoms with van der Waals surface area (Å²) in [4.78, 5) is 32.8. The number of likely N-dealkylation sites (N-methyl/N-ethyl adjacent to an activating group) is 2. The molecule has 0 atom stereocenters. The molecule has 32 heavy (non-hydrogen) atoms. The minimum Gasteiger partial charge on any atom is -0.351 e. The molecule has 3 rings (SSSR count). The Morgan fingerprint density at radius 1 is 0.938 bits per heavy atom. The molecule has 0 radical (unpaired) electrons. The van der Waals surface area contributed by atoms with Crippen molar-refractivity contribution in [1.29, 1.82) is 0 Å². The Hall–Kier alpha value is -3.52. The smallest absolute Gasteiger partial charge is 0.257 e. The van der Waals surface area contributed by atoms with Crippen LogP contribution in [-0.4, -0.2) is 72.5 Å². The number of benzene rings is 2. The molecule has 2 amide bonds. The zero-order valence-electron chi connectivity index (χ0n) is 19.0. The first-order valence-corrected chi connectivity index (χ1v) is 10.5. The molecule has 2 aromatic carbocycles. The molecule has 0 bridgehead atoms. The summed E-state index contributed by atoms with van der Waals surface area (Å²) in [6.07, 6.45) is 0.476. The minimum atomic E-state index is -0.120. The highest BCUT2D eigenvalue weighted by Gasteiger charge is 2.14. The molecular weight excluding hydrogens is 406 g/mol. The maximum absolute atomic E-state index is 12.5. The monoisotopic (exact) mass is 435 g/mol. The summed E-state index contributed by atoms with van der Waals surface area (Å²) < 4.78 is 5.36. The first-order chi connectivity index (χ1) is 15.3. The second-order valence-electron chi connectivity index (χ2n) is 8.00. The highest BCUT2D eigenvalue weighted by molar-refractivity contribution is 5.94. The highest BCUT2D eigenvalue weighted by atomic mass is 16.5. The van der Waals surface area contributed by atoms with Crippen LogP contribution in [0.25, 0.3) is 11.5 Å². The third-order valence-electron chi connectivity index (χ3n) is 5.02. The van der Waals surface area contributed by atoms with Gasteiger partial charge in [-0.25, -0.2) is 0 Å². The summed E-state index contributed by atoms with van der Waals surface area (Å²) >= 11 is 0. The predicted octanol–water partition coefficient (Wildman–Crippen LogP) is 2.65. The predicted molar refractivity (Wildman–Crippen MR) is 122 cm³/mol. The van der Waals surface area contributed by atoms with Crippen LogP contribution in [0.15, 0.2) is 53.1 Å². The number of aryl methyl sites for hydroxylation is 1. The number of nitrogens with zero attached hydrogens (tertiary/aromatic N) is 4. The molecule has 8 heteroatoms. The lowest BCUT2D eigenvalue weighted by Gasteiger charge is -2.16. The number of amides is 2. The number of nitrogens with one attached hydrogen (secondary N) is 1. The van der Waals surface area contributed by atoms with E-state index in [1.54, 1.807) is 36.2 Å². The quantitative estimate of drug-likeness (QED) is 0.556. The van der Waals surface area contributed by atoms with Crippen molar-refractivity contribution in [2.45, 2.75) is 13.3 Å². The third-order valence-corrected chi connectivity index (χ3v) is 5.02. The normalized spacial score (nSPS) is 10.9. The van der Waals surface area contributed by atoms with Gasteiger partial charge >= 0.3 is 0 Å². The lowest BCUT2D eigenvalue weighted by Crippen LogP contribution is -2.31. The largest absolute Gasteiger partial charge is 0.351 e.